The molecule has 3 heterocycles. The van der Waals surface area contributed by atoms with Crippen molar-refractivity contribution in [2.24, 2.45) is 0 Å². The van der Waals surface area contributed by atoms with Crippen molar-refractivity contribution in [2.45, 2.75) is 38.8 Å². The Balaban J connectivity index is 1.52. The second kappa shape index (κ2) is 7.96. The molecule has 1 N–H and O–H groups in total. The standard InChI is InChI=1S/C19H24N4O3S/c1-19(2,3)26-18(25)22-10-8-15(13-22)20-17(24)23-11-9-14(21-23)6-7-16-5-4-12-27-16/h4-7,9,11-12,15H,8,10,13H2,1-3H3,(H,20,24)/b7-6+. The van der Waals surface area contributed by atoms with Gasteiger partial charge in [0.25, 0.3) is 0 Å². The molecule has 2 amide bonds. The van der Waals surface area contributed by atoms with Gasteiger partial charge in [-0.3, -0.25) is 0 Å². The van der Waals surface area contributed by atoms with Crippen LogP contribution in [0.4, 0.5) is 9.59 Å². The molecule has 1 atom stereocenters. The van der Waals surface area contributed by atoms with E-state index >= 15 is 0 Å². The number of nitrogens with one attached hydrogen (secondary N) is 1. The van der Waals surface area contributed by atoms with Crippen molar-refractivity contribution in [2.75, 3.05) is 13.1 Å². The Bertz CT molecular complexity index is 820. The highest BCUT2D eigenvalue weighted by Crippen LogP contribution is 2.16. The second-order valence-corrected chi connectivity index (χ2v) is 8.37. The van der Waals surface area contributed by atoms with Crippen molar-refractivity contribution in [3.63, 3.8) is 0 Å². The van der Waals surface area contributed by atoms with Gasteiger partial charge in [-0.1, -0.05) is 6.07 Å². The van der Waals surface area contributed by atoms with E-state index < -0.39 is 5.60 Å². The molecule has 7 nitrogen and oxygen atoms in total. The van der Waals surface area contributed by atoms with Crippen molar-refractivity contribution in [1.82, 2.24) is 20.0 Å². The van der Waals surface area contributed by atoms with E-state index in [0.717, 1.165) is 4.88 Å². The third kappa shape index (κ3) is 5.43. The van der Waals surface area contributed by atoms with Crippen LogP contribution in [-0.2, 0) is 4.74 Å². The van der Waals surface area contributed by atoms with Crippen LogP contribution in [0.25, 0.3) is 12.2 Å². The van der Waals surface area contributed by atoms with E-state index in [1.54, 1.807) is 28.5 Å². The molecule has 0 bridgehead atoms. The smallest absolute Gasteiger partial charge is 0.410 e. The Hall–Kier alpha value is -2.61. The molecule has 1 unspecified atom stereocenters. The molecule has 0 aliphatic carbocycles. The number of aromatic nitrogens is 2. The highest BCUT2D eigenvalue weighted by atomic mass is 32.1. The first-order valence-electron chi connectivity index (χ1n) is 8.86. The molecule has 144 valence electrons. The molecule has 0 radical (unpaired) electrons. The Morgan fingerprint density at radius 2 is 2.15 bits per heavy atom. The van der Waals surface area contributed by atoms with Gasteiger partial charge in [0, 0.05) is 24.2 Å². The van der Waals surface area contributed by atoms with Crippen LogP contribution < -0.4 is 5.32 Å². The summed E-state index contributed by atoms with van der Waals surface area (Å²) < 4.78 is 6.65. The molecule has 27 heavy (non-hydrogen) atoms. The number of amides is 2. The van der Waals surface area contributed by atoms with Crippen LogP contribution in [0, 0.1) is 0 Å². The van der Waals surface area contributed by atoms with Crippen LogP contribution in [0.1, 0.15) is 37.8 Å². The fraction of sp³-hybridized carbons (Fsp3) is 0.421. The summed E-state index contributed by atoms with van der Waals surface area (Å²) in [6.07, 6.45) is 5.81. The fourth-order valence-electron chi connectivity index (χ4n) is 2.70. The number of hydrogen-bond donors (Lipinski definition) is 1. The molecule has 0 aromatic carbocycles. The third-order valence-electron chi connectivity index (χ3n) is 3.95. The predicted molar refractivity (Wildman–Crippen MR) is 106 cm³/mol. The number of rotatable bonds is 3. The largest absolute Gasteiger partial charge is 0.444 e. The lowest BCUT2D eigenvalue weighted by Gasteiger charge is -2.24. The topological polar surface area (TPSA) is 76.5 Å². The normalized spacial score (nSPS) is 17.4. The number of carbonyl (C=O) groups excluding carboxylic acids is 2. The summed E-state index contributed by atoms with van der Waals surface area (Å²) in [5.74, 6) is 0. The van der Waals surface area contributed by atoms with E-state index in [1.165, 1.54) is 4.68 Å². The highest BCUT2D eigenvalue weighted by Gasteiger charge is 2.30. The molecule has 0 saturated carbocycles. The maximum Gasteiger partial charge on any atom is 0.410 e. The van der Waals surface area contributed by atoms with Gasteiger partial charge in [-0.2, -0.15) is 9.78 Å². The first-order chi connectivity index (χ1) is 12.8. The van der Waals surface area contributed by atoms with Gasteiger partial charge in [0.1, 0.15) is 5.60 Å². The van der Waals surface area contributed by atoms with E-state index in [2.05, 4.69) is 10.4 Å². The maximum atomic E-state index is 12.4. The molecule has 3 rings (SSSR count). The average Bonchev–Trinajstić information content (AvgIpc) is 3.33. The van der Waals surface area contributed by atoms with Crippen LogP contribution in [-0.4, -0.2) is 51.5 Å². The average molecular weight is 388 g/mol. The lowest BCUT2D eigenvalue weighted by atomic mass is 10.2. The number of carbonyl (C=O) groups is 2. The summed E-state index contributed by atoms with van der Waals surface area (Å²) in [5, 5.41) is 9.20. The van der Waals surface area contributed by atoms with Gasteiger partial charge in [-0.05, 0) is 56.9 Å². The first-order valence-corrected chi connectivity index (χ1v) is 9.74. The summed E-state index contributed by atoms with van der Waals surface area (Å²) in [6, 6.07) is 5.37. The zero-order valence-corrected chi connectivity index (χ0v) is 16.5. The fourth-order valence-corrected chi connectivity index (χ4v) is 3.32. The van der Waals surface area contributed by atoms with Crippen LogP contribution >= 0.6 is 11.3 Å². The Labute approximate surface area is 162 Å². The summed E-state index contributed by atoms with van der Waals surface area (Å²) in [4.78, 5) is 27.2. The molecule has 0 spiro atoms. The third-order valence-corrected chi connectivity index (χ3v) is 4.78. The van der Waals surface area contributed by atoms with Crippen LogP contribution in [0.3, 0.4) is 0 Å². The molecule has 1 fully saturated rings. The summed E-state index contributed by atoms with van der Waals surface area (Å²) in [6.45, 7) is 6.51. The van der Waals surface area contributed by atoms with Crippen LogP contribution in [0.15, 0.2) is 29.8 Å². The quantitative estimate of drug-likeness (QED) is 0.870. The van der Waals surface area contributed by atoms with Crippen molar-refractivity contribution in [3.8, 4) is 0 Å². The molecular formula is C19H24N4O3S. The van der Waals surface area contributed by atoms with E-state index in [-0.39, 0.29) is 18.2 Å². The Kier molecular flexibility index (Phi) is 5.65. The summed E-state index contributed by atoms with van der Waals surface area (Å²) >= 11 is 1.64. The van der Waals surface area contributed by atoms with Gasteiger partial charge in [0.2, 0.25) is 0 Å². The van der Waals surface area contributed by atoms with E-state index in [4.69, 9.17) is 4.74 Å². The van der Waals surface area contributed by atoms with E-state index in [9.17, 15) is 9.59 Å². The minimum absolute atomic E-state index is 0.112. The summed E-state index contributed by atoms with van der Waals surface area (Å²) in [5.41, 5.74) is 0.181. The van der Waals surface area contributed by atoms with Gasteiger partial charge in [-0.25, -0.2) is 9.59 Å². The molecule has 1 aliphatic heterocycles. The van der Waals surface area contributed by atoms with Crippen molar-refractivity contribution >= 4 is 35.6 Å². The maximum absolute atomic E-state index is 12.4. The number of likely N-dealkylation sites (tertiary alicyclic amines) is 1. The first kappa shape index (κ1) is 19.2. The number of nitrogens with zero attached hydrogens (tertiary/aromatic N) is 3. The molecular weight excluding hydrogens is 364 g/mol. The number of ether oxygens (including phenoxy) is 1. The van der Waals surface area contributed by atoms with Gasteiger partial charge in [-0.15, -0.1) is 11.3 Å². The monoisotopic (exact) mass is 388 g/mol. The lowest BCUT2D eigenvalue weighted by Crippen LogP contribution is -2.41. The molecule has 1 saturated heterocycles. The van der Waals surface area contributed by atoms with Gasteiger partial charge in [0.15, 0.2) is 0 Å². The molecule has 2 aromatic rings. The van der Waals surface area contributed by atoms with Gasteiger partial charge < -0.3 is 15.0 Å². The minimum atomic E-state index is -0.527. The van der Waals surface area contributed by atoms with Crippen molar-refractivity contribution in [3.05, 3.63) is 40.3 Å². The molecule has 8 heteroatoms. The minimum Gasteiger partial charge on any atom is -0.444 e. The Morgan fingerprint density at radius 1 is 1.33 bits per heavy atom. The zero-order chi connectivity index (χ0) is 19.4. The number of thiophene rings is 1. The van der Waals surface area contributed by atoms with Gasteiger partial charge >= 0.3 is 12.1 Å². The van der Waals surface area contributed by atoms with Crippen LogP contribution in [0.2, 0.25) is 0 Å². The second-order valence-electron chi connectivity index (χ2n) is 7.40. The predicted octanol–water partition coefficient (Wildman–Crippen LogP) is 3.68. The van der Waals surface area contributed by atoms with Crippen molar-refractivity contribution in [1.29, 1.82) is 0 Å². The Morgan fingerprint density at radius 3 is 2.85 bits per heavy atom. The van der Waals surface area contributed by atoms with Crippen LogP contribution in [0.5, 0.6) is 0 Å². The summed E-state index contributed by atoms with van der Waals surface area (Å²) in [7, 11) is 0. The molecule has 1 aliphatic rings. The lowest BCUT2D eigenvalue weighted by molar-refractivity contribution is 0.0291. The van der Waals surface area contributed by atoms with Crippen molar-refractivity contribution < 1.29 is 14.3 Å². The highest BCUT2D eigenvalue weighted by molar-refractivity contribution is 7.10. The SMILES string of the molecule is CC(C)(C)OC(=O)N1CCC(NC(=O)n2ccc(/C=C/c3cccs3)n2)C1. The van der Waals surface area contributed by atoms with E-state index in [0.29, 0.717) is 25.2 Å². The number of hydrogen-bond acceptors (Lipinski definition) is 5. The zero-order valence-electron chi connectivity index (χ0n) is 15.7. The van der Waals surface area contributed by atoms with Gasteiger partial charge in [0.05, 0.1) is 11.7 Å². The van der Waals surface area contributed by atoms with E-state index in [1.807, 2.05) is 50.4 Å². The molecule has 2 aromatic heterocycles.